The number of carbonyl (C=O) groups excluding carboxylic acids is 1. The first-order valence-electron chi connectivity index (χ1n) is 6.78. The molecule has 1 aliphatic rings. The zero-order valence-corrected chi connectivity index (χ0v) is 13.4. The van der Waals surface area contributed by atoms with Crippen molar-refractivity contribution >= 4 is 33.1 Å². The number of para-hydroxylation sites is 1. The van der Waals surface area contributed by atoms with Gasteiger partial charge in [0, 0.05) is 5.56 Å². The van der Waals surface area contributed by atoms with Gasteiger partial charge in [0.05, 0.1) is 17.1 Å². The largest absolute Gasteiger partial charge is 0.292 e. The molecule has 0 bridgehead atoms. The van der Waals surface area contributed by atoms with Crippen molar-refractivity contribution in [3.05, 3.63) is 59.7 Å². The molecule has 6 heteroatoms. The maximum absolute atomic E-state index is 12.9. The van der Waals surface area contributed by atoms with Crippen LogP contribution in [0.4, 0.5) is 5.69 Å². The maximum atomic E-state index is 12.9. The van der Waals surface area contributed by atoms with E-state index in [1.54, 1.807) is 48.5 Å². The molecule has 0 spiro atoms. The number of anilines is 1. The summed E-state index contributed by atoms with van der Waals surface area (Å²) in [7, 11) is -3.75. The Kier molecular flexibility index (Phi) is 3.70. The summed E-state index contributed by atoms with van der Waals surface area (Å²) in [5, 5.41) is -0.880. The normalized spacial score (nSPS) is 18.2. The van der Waals surface area contributed by atoms with Gasteiger partial charge in [-0.2, -0.15) is 0 Å². The Bertz CT molecular complexity index is 831. The van der Waals surface area contributed by atoms with Crippen molar-refractivity contribution in [1.29, 1.82) is 0 Å². The summed E-state index contributed by atoms with van der Waals surface area (Å²) in [6.07, 6.45) is 0. The smallest absolute Gasteiger partial charge is 0.264 e. The molecule has 2 aromatic carbocycles. The van der Waals surface area contributed by atoms with E-state index in [0.717, 1.165) is 5.56 Å². The molecule has 4 nitrogen and oxygen atoms in total. The number of rotatable bonds is 2. The fourth-order valence-corrected chi connectivity index (χ4v) is 4.30. The number of halogens is 1. The van der Waals surface area contributed by atoms with E-state index in [-0.39, 0.29) is 17.2 Å². The van der Waals surface area contributed by atoms with Crippen molar-refractivity contribution in [3.8, 4) is 0 Å². The lowest BCUT2D eigenvalue weighted by Crippen LogP contribution is -2.43. The molecule has 0 aliphatic carbocycles. The third-order valence-corrected chi connectivity index (χ3v) is 5.79. The minimum Gasteiger partial charge on any atom is -0.292 e. The van der Waals surface area contributed by atoms with Crippen LogP contribution in [0.1, 0.15) is 15.9 Å². The van der Waals surface area contributed by atoms with Gasteiger partial charge in [0.2, 0.25) is 0 Å². The van der Waals surface area contributed by atoms with Gasteiger partial charge in [-0.3, -0.25) is 9.10 Å². The molecule has 22 heavy (non-hydrogen) atoms. The van der Waals surface area contributed by atoms with E-state index in [4.69, 9.17) is 11.6 Å². The predicted molar refractivity (Wildman–Crippen MR) is 86.1 cm³/mol. The highest BCUT2D eigenvalue weighted by Gasteiger charge is 2.36. The third kappa shape index (κ3) is 2.40. The summed E-state index contributed by atoms with van der Waals surface area (Å²) < 4.78 is 27.0. The monoisotopic (exact) mass is 335 g/mol. The first-order chi connectivity index (χ1) is 10.4. The van der Waals surface area contributed by atoms with Crippen LogP contribution in [0, 0.1) is 6.92 Å². The van der Waals surface area contributed by atoms with Gasteiger partial charge in [-0.25, -0.2) is 8.42 Å². The number of carbonyl (C=O) groups is 1. The van der Waals surface area contributed by atoms with E-state index >= 15 is 0 Å². The predicted octanol–water partition coefficient (Wildman–Crippen LogP) is 2.99. The molecule has 0 saturated carbocycles. The van der Waals surface area contributed by atoms with Crippen LogP contribution in [-0.4, -0.2) is 26.1 Å². The molecule has 114 valence electrons. The Morgan fingerprint density at radius 1 is 1.09 bits per heavy atom. The number of aryl methyl sites for hydroxylation is 1. The lowest BCUT2D eigenvalue weighted by Gasteiger charge is -2.32. The molecule has 0 fully saturated rings. The van der Waals surface area contributed by atoms with Crippen LogP contribution in [0.5, 0.6) is 0 Å². The molecule has 3 rings (SSSR count). The third-order valence-electron chi connectivity index (χ3n) is 3.66. The standard InChI is InChI=1S/C16H14ClNO3S/c1-11-6-8-12(9-7-11)22(20,21)18-10-14(17)16(19)13-4-2-3-5-15(13)18/h2-9,14H,10H2,1H3/t14-/m0/s1. The quantitative estimate of drug-likeness (QED) is 0.793. The number of hydrogen-bond acceptors (Lipinski definition) is 3. The number of ketones is 1. The number of alkyl halides is 1. The summed E-state index contributed by atoms with van der Waals surface area (Å²) in [6.45, 7) is 1.83. The van der Waals surface area contributed by atoms with Gasteiger partial charge >= 0.3 is 0 Å². The average molecular weight is 336 g/mol. The molecule has 0 unspecified atom stereocenters. The van der Waals surface area contributed by atoms with Gasteiger partial charge in [-0.1, -0.05) is 29.8 Å². The van der Waals surface area contributed by atoms with Crippen molar-refractivity contribution < 1.29 is 13.2 Å². The molecular formula is C16H14ClNO3S. The average Bonchev–Trinajstić information content (AvgIpc) is 2.51. The first-order valence-corrected chi connectivity index (χ1v) is 8.65. The number of nitrogens with zero attached hydrogens (tertiary/aromatic N) is 1. The highest BCUT2D eigenvalue weighted by molar-refractivity contribution is 7.92. The summed E-state index contributed by atoms with van der Waals surface area (Å²) in [6, 6.07) is 13.2. The van der Waals surface area contributed by atoms with Crippen LogP contribution < -0.4 is 4.31 Å². The summed E-state index contributed by atoms with van der Waals surface area (Å²) in [5.41, 5.74) is 1.69. The number of Topliss-reactive ketones (excluding diaryl/α,β-unsaturated/α-hetero) is 1. The lowest BCUT2D eigenvalue weighted by atomic mass is 10.0. The molecule has 0 saturated heterocycles. The SMILES string of the molecule is Cc1ccc(S(=O)(=O)N2C[C@H](Cl)C(=O)c3ccccc32)cc1. The fraction of sp³-hybridized carbons (Fsp3) is 0.188. The zero-order chi connectivity index (χ0) is 15.9. The van der Waals surface area contributed by atoms with Crippen LogP contribution in [-0.2, 0) is 10.0 Å². The second-order valence-corrected chi connectivity index (χ2v) is 7.59. The number of fused-ring (bicyclic) bond motifs is 1. The molecular weight excluding hydrogens is 322 g/mol. The highest BCUT2D eigenvalue weighted by Crippen LogP contribution is 2.33. The molecule has 0 N–H and O–H groups in total. The van der Waals surface area contributed by atoms with E-state index in [9.17, 15) is 13.2 Å². The lowest BCUT2D eigenvalue weighted by molar-refractivity contribution is 0.0986. The Hall–Kier alpha value is -1.85. The summed E-state index contributed by atoms with van der Waals surface area (Å²) >= 11 is 6.05. The van der Waals surface area contributed by atoms with E-state index in [0.29, 0.717) is 11.3 Å². The van der Waals surface area contributed by atoms with Crippen LogP contribution in [0.25, 0.3) is 0 Å². The van der Waals surface area contributed by atoms with Gasteiger partial charge in [0.1, 0.15) is 5.38 Å². The number of hydrogen-bond donors (Lipinski definition) is 0. The maximum Gasteiger partial charge on any atom is 0.264 e. The Morgan fingerprint density at radius 2 is 1.73 bits per heavy atom. The molecule has 0 radical (unpaired) electrons. The van der Waals surface area contributed by atoms with Crippen molar-refractivity contribution in [3.63, 3.8) is 0 Å². The summed E-state index contributed by atoms with van der Waals surface area (Å²) in [4.78, 5) is 12.3. The van der Waals surface area contributed by atoms with Crippen molar-refractivity contribution in [2.45, 2.75) is 17.2 Å². The van der Waals surface area contributed by atoms with Crippen LogP contribution in [0.3, 0.4) is 0 Å². The van der Waals surface area contributed by atoms with Gasteiger partial charge in [0.25, 0.3) is 10.0 Å². The minimum absolute atomic E-state index is 0.0619. The van der Waals surface area contributed by atoms with Gasteiger partial charge in [-0.05, 0) is 31.2 Å². The van der Waals surface area contributed by atoms with Crippen LogP contribution >= 0.6 is 11.6 Å². The zero-order valence-electron chi connectivity index (χ0n) is 11.9. The summed E-state index contributed by atoms with van der Waals surface area (Å²) in [5.74, 6) is -0.243. The van der Waals surface area contributed by atoms with E-state index in [1.807, 2.05) is 6.92 Å². The van der Waals surface area contributed by atoms with Crippen LogP contribution in [0.2, 0.25) is 0 Å². The minimum atomic E-state index is -3.75. The van der Waals surface area contributed by atoms with E-state index in [2.05, 4.69) is 0 Å². The van der Waals surface area contributed by atoms with E-state index < -0.39 is 15.4 Å². The van der Waals surface area contributed by atoms with Crippen molar-refractivity contribution in [2.24, 2.45) is 0 Å². The molecule has 0 aromatic heterocycles. The Morgan fingerprint density at radius 3 is 2.41 bits per heavy atom. The van der Waals surface area contributed by atoms with Gasteiger partial charge in [0.15, 0.2) is 5.78 Å². The van der Waals surface area contributed by atoms with Crippen molar-refractivity contribution in [2.75, 3.05) is 10.8 Å². The van der Waals surface area contributed by atoms with Gasteiger partial charge < -0.3 is 0 Å². The number of benzene rings is 2. The molecule has 1 heterocycles. The fourth-order valence-electron chi connectivity index (χ4n) is 2.46. The molecule has 1 atom stereocenters. The van der Waals surface area contributed by atoms with Crippen LogP contribution in [0.15, 0.2) is 53.4 Å². The number of sulfonamides is 1. The second kappa shape index (κ2) is 5.41. The Balaban J connectivity index is 2.13. The molecule has 1 aliphatic heterocycles. The first kappa shape index (κ1) is 15.1. The molecule has 0 amide bonds. The van der Waals surface area contributed by atoms with Gasteiger partial charge in [-0.15, -0.1) is 11.6 Å². The second-order valence-electron chi connectivity index (χ2n) is 5.20. The van der Waals surface area contributed by atoms with Crippen molar-refractivity contribution in [1.82, 2.24) is 0 Å². The topological polar surface area (TPSA) is 54.5 Å². The van der Waals surface area contributed by atoms with E-state index in [1.165, 1.54) is 4.31 Å². The molecule has 2 aromatic rings. The highest BCUT2D eigenvalue weighted by atomic mass is 35.5. The Labute approximate surface area is 134 Å².